The summed E-state index contributed by atoms with van der Waals surface area (Å²) in [6, 6.07) is 2.26. The second kappa shape index (κ2) is 5.34. The van der Waals surface area contributed by atoms with Crippen LogP contribution in [0.15, 0.2) is 12.4 Å². The molecule has 2 heterocycles. The molecule has 6 heteroatoms. The zero-order chi connectivity index (χ0) is 15.0. The van der Waals surface area contributed by atoms with Gasteiger partial charge in [-0.1, -0.05) is 6.92 Å². The molecule has 0 saturated heterocycles. The lowest BCUT2D eigenvalue weighted by Crippen LogP contribution is -2.11. The van der Waals surface area contributed by atoms with Crippen molar-refractivity contribution in [1.29, 1.82) is 5.26 Å². The van der Waals surface area contributed by atoms with Gasteiger partial charge in [0.1, 0.15) is 11.1 Å². The Kier molecular flexibility index (Phi) is 3.52. The summed E-state index contributed by atoms with van der Waals surface area (Å²) in [5.74, 6) is 0.427. The van der Waals surface area contributed by atoms with E-state index in [1.54, 1.807) is 17.9 Å². The Morgan fingerprint density at radius 3 is 3.10 bits per heavy atom. The first-order valence-electron chi connectivity index (χ1n) is 6.93. The SMILES string of the molecule is C[C@H]1CCc2c(sc(NC(=O)c3cnn(C)c3)c2C#N)C1. The molecule has 0 bridgehead atoms. The first kappa shape index (κ1) is 13.8. The van der Waals surface area contributed by atoms with Crippen molar-refractivity contribution in [3.8, 4) is 6.07 Å². The molecule has 0 spiro atoms. The number of rotatable bonds is 2. The maximum Gasteiger partial charge on any atom is 0.259 e. The highest BCUT2D eigenvalue weighted by molar-refractivity contribution is 7.16. The molecule has 108 valence electrons. The monoisotopic (exact) mass is 300 g/mol. The van der Waals surface area contributed by atoms with Crippen molar-refractivity contribution in [1.82, 2.24) is 9.78 Å². The smallest absolute Gasteiger partial charge is 0.259 e. The van der Waals surface area contributed by atoms with E-state index in [0.29, 0.717) is 22.0 Å². The summed E-state index contributed by atoms with van der Waals surface area (Å²) < 4.78 is 1.58. The van der Waals surface area contributed by atoms with E-state index in [1.807, 2.05) is 0 Å². The van der Waals surface area contributed by atoms with Crippen LogP contribution in [-0.2, 0) is 19.9 Å². The molecule has 0 aliphatic heterocycles. The van der Waals surface area contributed by atoms with Crippen LogP contribution in [-0.4, -0.2) is 15.7 Å². The molecule has 21 heavy (non-hydrogen) atoms. The van der Waals surface area contributed by atoms with Crippen LogP contribution in [0.4, 0.5) is 5.00 Å². The quantitative estimate of drug-likeness (QED) is 0.927. The molecular weight excluding hydrogens is 284 g/mol. The predicted molar refractivity (Wildman–Crippen MR) is 81.4 cm³/mol. The number of nitriles is 1. The first-order valence-corrected chi connectivity index (χ1v) is 7.74. The van der Waals surface area contributed by atoms with E-state index < -0.39 is 0 Å². The van der Waals surface area contributed by atoms with E-state index in [2.05, 4.69) is 23.4 Å². The molecule has 2 aromatic heterocycles. The van der Waals surface area contributed by atoms with Crippen molar-refractivity contribution in [2.24, 2.45) is 13.0 Å². The number of carbonyl (C=O) groups is 1. The zero-order valence-electron chi connectivity index (χ0n) is 12.0. The van der Waals surface area contributed by atoms with Crippen LogP contribution in [0.1, 0.15) is 39.7 Å². The number of hydrogen-bond donors (Lipinski definition) is 1. The Bertz CT molecular complexity index is 737. The lowest BCUT2D eigenvalue weighted by Gasteiger charge is -2.17. The molecule has 0 saturated carbocycles. The number of aromatic nitrogens is 2. The Morgan fingerprint density at radius 1 is 1.62 bits per heavy atom. The van der Waals surface area contributed by atoms with Crippen molar-refractivity contribution < 1.29 is 4.79 Å². The molecule has 1 amide bonds. The number of hydrogen-bond acceptors (Lipinski definition) is 4. The normalized spacial score (nSPS) is 17.1. The molecule has 5 nitrogen and oxygen atoms in total. The van der Waals surface area contributed by atoms with Gasteiger partial charge in [0, 0.05) is 18.1 Å². The summed E-state index contributed by atoms with van der Waals surface area (Å²) in [4.78, 5) is 13.4. The second-order valence-electron chi connectivity index (χ2n) is 5.52. The minimum Gasteiger partial charge on any atom is -0.312 e. The minimum atomic E-state index is -0.216. The topological polar surface area (TPSA) is 70.7 Å². The Morgan fingerprint density at radius 2 is 2.43 bits per heavy atom. The van der Waals surface area contributed by atoms with E-state index in [9.17, 15) is 10.1 Å². The van der Waals surface area contributed by atoms with Gasteiger partial charge in [-0.15, -0.1) is 11.3 Å². The van der Waals surface area contributed by atoms with Crippen molar-refractivity contribution in [2.45, 2.75) is 26.2 Å². The summed E-state index contributed by atoms with van der Waals surface area (Å²) in [6.07, 6.45) is 6.22. The number of fused-ring (bicyclic) bond motifs is 1. The Hall–Kier alpha value is -2.13. The maximum absolute atomic E-state index is 12.2. The highest BCUT2D eigenvalue weighted by Gasteiger charge is 2.24. The summed E-state index contributed by atoms with van der Waals surface area (Å²) in [5.41, 5.74) is 2.27. The van der Waals surface area contributed by atoms with Gasteiger partial charge in [-0.3, -0.25) is 9.48 Å². The number of amides is 1. The standard InChI is InChI=1S/C15H16N4OS/c1-9-3-4-11-12(6-16)15(21-13(11)5-9)18-14(20)10-7-17-19(2)8-10/h7-9H,3-5H2,1-2H3,(H,18,20)/t9-/m0/s1. The van der Waals surface area contributed by atoms with Gasteiger partial charge in [0.15, 0.2) is 0 Å². The lowest BCUT2D eigenvalue weighted by molar-refractivity contribution is 0.102. The van der Waals surface area contributed by atoms with Crippen LogP contribution in [0, 0.1) is 17.2 Å². The van der Waals surface area contributed by atoms with Crippen LogP contribution < -0.4 is 5.32 Å². The summed E-state index contributed by atoms with van der Waals surface area (Å²) in [7, 11) is 1.77. The van der Waals surface area contributed by atoms with Gasteiger partial charge >= 0.3 is 0 Å². The Balaban J connectivity index is 1.89. The van der Waals surface area contributed by atoms with E-state index >= 15 is 0 Å². The van der Waals surface area contributed by atoms with Crippen molar-refractivity contribution >= 4 is 22.2 Å². The van der Waals surface area contributed by atoms with Crippen LogP contribution in [0.5, 0.6) is 0 Å². The van der Waals surface area contributed by atoms with Gasteiger partial charge in [0.05, 0.1) is 17.3 Å². The summed E-state index contributed by atoms with van der Waals surface area (Å²) in [5, 5.41) is 16.9. The van der Waals surface area contributed by atoms with Crippen LogP contribution in [0.2, 0.25) is 0 Å². The van der Waals surface area contributed by atoms with E-state index in [1.165, 1.54) is 22.4 Å². The highest BCUT2D eigenvalue weighted by atomic mass is 32.1. The van der Waals surface area contributed by atoms with Crippen molar-refractivity contribution in [2.75, 3.05) is 5.32 Å². The molecule has 1 aliphatic rings. The van der Waals surface area contributed by atoms with Gasteiger partial charge in [-0.2, -0.15) is 10.4 Å². The van der Waals surface area contributed by atoms with Gasteiger partial charge in [-0.05, 0) is 30.7 Å². The number of anilines is 1. The Labute approximate surface area is 127 Å². The fourth-order valence-electron chi connectivity index (χ4n) is 2.67. The number of nitrogens with one attached hydrogen (secondary N) is 1. The number of carbonyl (C=O) groups excluding carboxylic acids is 1. The fourth-order valence-corrected chi connectivity index (χ4v) is 4.03. The number of thiophene rings is 1. The molecule has 1 N–H and O–H groups in total. The van der Waals surface area contributed by atoms with E-state index in [0.717, 1.165) is 24.8 Å². The van der Waals surface area contributed by atoms with Crippen molar-refractivity contribution in [3.63, 3.8) is 0 Å². The lowest BCUT2D eigenvalue weighted by atomic mass is 9.88. The molecule has 0 unspecified atom stereocenters. The van der Waals surface area contributed by atoms with Gasteiger partial charge in [0.2, 0.25) is 0 Å². The average molecular weight is 300 g/mol. The molecule has 0 aromatic carbocycles. The zero-order valence-corrected chi connectivity index (χ0v) is 12.8. The average Bonchev–Trinajstić information content (AvgIpc) is 3.01. The summed E-state index contributed by atoms with van der Waals surface area (Å²) >= 11 is 1.54. The third-order valence-electron chi connectivity index (χ3n) is 3.82. The van der Waals surface area contributed by atoms with E-state index in [-0.39, 0.29) is 5.91 Å². The third kappa shape index (κ3) is 2.57. The molecule has 3 rings (SSSR count). The van der Waals surface area contributed by atoms with Gasteiger partial charge in [0.25, 0.3) is 5.91 Å². The van der Waals surface area contributed by atoms with Crippen molar-refractivity contribution in [3.05, 3.63) is 34.0 Å². The second-order valence-corrected chi connectivity index (χ2v) is 6.63. The molecule has 2 aromatic rings. The molecule has 1 atom stereocenters. The number of nitrogens with zero attached hydrogens (tertiary/aromatic N) is 3. The highest BCUT2D eigenvalue weighted by Crippen LogP contribution is 2.39. The third-order valence-corrected chi connectivity index (χ3v) is 4.99. The largest absolute Gasteiger partial charge is 0.312 e. The maximum atomic E-state index is 12.2. The fraction of sp³-hybridized carbons (Fsp3) is 0.400. The first-order chi connectivity index (χ1) is 10.1. The summed E-state index contributed by atoms with van der Waals surface area (Å²) in [6.45, 7) is 2.22. The van der Waals surface area contributed by atoms with Gasteiger partial charge < -0.3 is 5.32 Å². The van der Waals surface area contributed by atoms with Crippen LogP contribution in [0.3, 0.4) is 0 Å². The van der Waals surface area contributed by atoms with Crippen LogP contribution in [0.25, 0.3) is 0 Å². The van der Waals surface area contributed by atoms with Crippen LogP contribution >= 0.6 is 11.3 Å². The van der Waals surface area contributed by atoms with Gasteiger partial charge in [-0.25, -0.2) is 0 Å². The van der Waals surface area contributed by atoms with E-state index in [4.69, 9.17) is 0 Å². The molecule has 0 fully saturated rings. The predicted octanol–water partition coefficient (Wildman–Crippen LogP) is 2.73. The molecular formula is C15H16N4OS. The minimum absolute atomic E-state index is 0.216. The molecule has 1 aliphatic carbocycles. The molecule has 0 radical (unpaired) electrons. The number of aryl methyl sites for hydroxylation is 1.